The highest BCUT2D eigenvalue weighted by molar-refractivity contribution is 5.83. The lowest BCUT2D eigenvalue weighted by Gasteiger charge is -2.31. The average Bonchev–Trinajstić information content (AvgIpc) is 2.47. The molecule has 1 heterocycles. The van der Waals surface area contributed by atoms with Gasteiger partial charge in [0.1, 0.15) is 6.10 Å². The second-order valence-electron chi connectivity index (χ2n) is 6.00. The molecule has 1 aliphatic rings. The van der Waals surface area contributed by atoms with Crippen molar-refractivity contribution >= 4 is 5.78 Å². The number of carbonyl (C=O) groups excluding carboxylic acids is 1. The van der Waals surface area contributed by atoms with Gasteiger partial charge in [0.25, 0.3) is 0 Å². The zero-order chi connectivity index (χ0) is 14.6. The Morgan fingerprint density at radius 1 is 1.05 bits per heavy atom. The molecule has 0 aliphatic carbocycles. The lowest BCUT2D eigenvalue weighted by molar-refractivity contribution is -0.136. The van der Waals surface area contributed by atoms with Gasteiger partial charge in [-0.25, -0.2) is 0 Å². The van der Waals surface area contributed by atoms with Crippen molar-refractivity contribution < 1.29 is 9.53 Å². The third-order valence-electron chi connectivity index (χ3n) is 4.08. The van der Waals surface area contributed by atoms with Crippen LogP contribution in [0.2, 0.25) is 0 Å². The highest BCUT2D eigenvalue weighted by Gasteiger charge is 2.25. The minimum atomic E-state index is -0.157. The van der Waals surface area contributed by atoms with E-state index in [9.17, 15) is 4.79 Å². The van der Waals surface area contributed by atoms with Crippen LogP contribution >= 0.6 is 0 Å². The summed E-state index contributed by atoms with van der Waals surface area (Å²) in [5.41, 5.74) is 0. The minimum absolute atomic E-state index is 0.157. The maximum Gasteiger partial charge on any atom is 0.162 e. The van der Waals surface area contributed by atoms with Gasteiger partial charge in [0.05, 0.1) is 6.61 Å². The summed E-state index contributed by atoms with van der Waals surface area (Å²) in [4.78, 5) is 14.5. The van der Waals surface area contributed by atoms with Gasteiger partial charge < -0.3 is 4.74 Å². The topological polar surface area (TPSA) is 29.5 Å². The van der Waals surface area contributed by atoms with E-state index in [1.165, 1.54) is 38.5 Å². The first-order valence-corrected chi connectivity index (χ1v) is 8.64. The van der Waals surface area contributed by atoms with Crippen LogP contribution in [0.5, 0.6) is 0 Å². The molecule has 1 unspecified atom stereocenters. The van der Waals surface area contributed by atoms with Crippen LogP contribution in [0.4, 0.5) is 0 Å². The Labute approximate surface area is 125 Å². The molecule has 0 N–H and O–H groups in total. The lowest BCUT2D eigenvalue weighted by atomic mass is 10.0. The van der Waals surface area contributed by atoms with Gasteiger partial charge in [-0.3, -0.25) is 9.69 Å². The molecule has 0 bridgehead atoms. The second kappa shape index (κ2) is 11.3. The van der Waals surface area contributed by atoms with Gasteiger partial charge in [0, 0.05) is 19.5 Å². The fourth-order valence-corrected chi connectivity index (χ4v) is 2.83. The van der Waals surface area contributed by atoms with Crippen LogP contribution in [0.1, 0.15) is 71.6 Å². The fourth-order valence-electron chi connectivity index (χ4n) is 2.83. The molecule has 3 heteroatoms. The average molecular weight is 283 g/mol. The number of hydrogen-bond donors (Lipinski definition) is 0. The second-order valence-corrected chi connectivity index (χ2v) is 6.00. The maximum absolute atomic E-state index is 12.1. The van der Waals surface area contributed by atoms with Crippen molar-refractivity contribution in [3.05, 3.63) is 0 Å². The highest BCUT2D eigenvalue weighted by atomic mass is 16.5. The third kappa shape index (κ3) is 7.39. The van der Waals surface area contributed by atoms with Crippen LogP contribution in [-0.4, -0.2) is 43.0 Å². The van der Waals surface area contributed by atoms with E-state index in [0.717, 1.165) is 32.5 Å². The molecule has 0 amide bonds. The molecular weight excluding hydrogens is 250 g/mol. The van der Waals surface area contributed by atoms with Crippen LogP contribution in [0.25, 0.3) is 0 Å². The summed E-state index contributed by atoms with van der Waals surface area (Å²) < 4.78 is 5.64. The number of morpholine rings is 1. The van der Waals surface area contributed by atoms with Gasteiger partial charge in [-0.15, -0.1) is 0 Å². The summed E-state index contributed by atoms with van der Waals surface area (Å²) >= 11 is 0. The van der Waals surface area contributed by atoms with E-state index in [0.29, 0.717) is 18.8 Å². The van der Waals surface area contributed by atoms with Gasteiger partial charge >= 0.3 is 0 Å². The van der Waals surface area contributed by atoms with E-state index in [1.54, 1.807) is 0 Å². The molecule has 0 aromatic heterocycles. The van der Waals surface area contributed by atoms with Crippen LogP contribution < -0.4 is 0 Å². The maximum atomic E-state index is 12.1. The Morgan fingerprint density at radius 3 is 2.45 bits per heavy atom. The van der Waals surface area contributed by atoms with E-state index >= 15 is 0 Å². The Morgan fingerprint density at radius 2 is 1.75 bits per heavy atom. The van der Waals surface area contributed by atoms with Gasteiger partial charge in [-0.05, 0) is 19.4 Å². The first-order valence-electron chi connectivity index (χ1n) is 8.64. The SMILES string of the molecule is CCCCCCCCCC(=O)C1CN(CCC)CCO1. The van der Waals surface area contributed by atoms with E-state index in [2.05, 4.69) is 18.7 Å². The number of carbonyl (C=O) groups is 1. The summed E-state index contributed by atoms with van der Waals surface area (Å²) in [6, 6.07) is 0. The molecule has 20 heavy (non-hydrogen) atoms. The van der Waals surface area contributed by atoms with E-state index in [1.807, 2.05) is 0 Å². The standard InChI is InChI=1S/C17H33NO2/c1-3-5-6-7-8-9-10-11-16(19)17-15-18(12-4-2)13-14-20-17/h17H,3-15H2,1-2H3. The number of ketones is 1. The monoisotopic (exact) mass is 283 g/mol. The number of unbranched alkanes of at least 4 members (excludes halogenated alkanes) is 6. The molecule has 0 spiro atoms. The summed E-state index contributed by atoms with van der Waals surface area (Å²) in [7, 11) is 0. The predicted octanol–water partition coefficient (Wildman–Crippen LogP) is 3.81. The number of ether oxygens (including phenoxy) is 1. The summed E-state index contributed by atoms with van der Waals surface area (Å²) in [5.74, 6) is 0.319. The van der Waals surface area contributed by atoms with Crippen molar-refractivity contribution in [2.75, 3.05) is 26.2 Å². The summed E-state index contributed by atoms with van der Waals surface area (Å²) in [5, 5.41) is 0. The van der Waals surface area contributed by atoms with Gasteiger partial charge in [-0.1, -0.05) is 52.4 Å². The molecule has 0 saturated carbocycles. The smallest absolute Gasteiger partial charge is 0.162 e. The zero-order valence-electron chi connectivity index (χ0n) is 13.5. The van der Waals surface area contributed by atoms with E-state index in [4.69, 9.17) is 4.74 Å². The van der Waals surface area contributed by atoms with Gasteiger partial charge in [0.15, 0.2) is 5.78 Å². The molecule has 118 valence electrons. The normalized spacial score (nSPS) is 20.2. The van der Waals surface area contributed by atoms with Crippen molar-refractivity contribution in [3.8, 4) is 0 Å². The zero-order valence-corrected chi connectivity index (χ0v) is 13.5. The van der Waals surface area contributed by atoms with Crippen molar-refractivity contribution in [2.45, 2.75) is 77.7 Å². The Balaban J connectivity index is 2.06. The molecule has 1 rings (SSSR count). The fraction of sp³-hybridized carbons (Fsp3) is 0.941. The molecule has 3 nitrogen and oxygen atoms in total. The van der Waals surface area contributed by atoms with Crippen molar-refractivity contribution in [1.29, 1.82) is 0 Å². The number of rotatable bonds is 11. The highest BCUT2D eigenvalue weighted by Crippen LogP contribution is 2.12. The predicted molar refractivity (Wildman–Crippen MR) is 84.1 cm³/mol. The lowest BCUT2D eigenvalue weighted by Crippen LogP contribution is -2.46. The first kappa shape index (κ1) is 17.6. The minimum Gasteiger partial charge on any atom is -0.368 e. The van der Waals surface area contributed by atoms with E-state index < -0.39 is 0 Å². The molecule has 0 aromatic carbocycles. The Hall–Kier alpha value is -0.410. The third-order valence-corrected chi connectivity index (χ3v) is 4.08. The summed E-state index contributed by atoms with van der Waals surface area (Å²) in [6.45, 7) is 8.02. The van der Waals surface area contributed by atoms with Crippen LogP contribution in [0.3, 0.4) is 0 Å². The molecule has 1 aliphatic heterocycles. The Kier molecular flexibility index (Phi) is 9.94. The first-order chi connectivity index (χ1) is 9.77. The van der Waals surface area contributed by atoms with Crippen molar-refractivity contribution in [2.24, 2.45) is 0 Å². The molecule has 0 radical (unpaired) electrons. The number of hydrogen-bond acceptors (Lipinski definition) is 3. The number of nitrogens with zero attached hydrogens (tertiary/aromatic N) is 1. The quantitative estimate of drug-likeness (QED) is 0.540. The molecule has 1 fully saturated rings. The number of Topliss-reactive ketones (excluding diaryl/α,β-unsaturated/α-hetero) is 1. The Bertz CT molecular complexity index is 253. The van der Waals surface area contributed by atoms with Crippen molar-refractivity contribution in [1.82, 2.24) is 4.90 Å². The van der Waals surface area contributed by atoms with Crippen molar-refractivity contribution in [3.63, 3.8) is 0 Å². The molecule has 0 aromatic rings. The van der Waals surface area contributed by atoms with Crippen LogP contribution in [0.15, 0.2) is 0 Å². The van der Waals surface area contributed by atoms with Gasteiger partial charge in [0.2, 0.25) is 0 Å². The largest absolute Gasteiger partial charge is 0.368 e. The van der Waals surface area contributed by atoms with E-state index in [-0.39, 0.29) is 6.10 Å². The molecular formula is C17H33NO2. The van der Waals surface area contributed by atoms with Crippen LogP contribution in [0, 0.1) is 0 Å². The molecule has 1 saturated heterocycles. The van der Waals surface area contributed by atoms with Gasteiger partial charge in [-0.2, -0.15) is 0 Å². The molecule has 1 atom stereocenters. The summed E-state index contributed by atoms with van der Waals surface area (Å²) in [6.07, 6.45) is 10.5. The van der Waals surface area contributed by atoms with Crippen LogP contribution in [-0.2, 0) is 9.53 Å².